The largest absolute Gasteiger partial charge is 0.379 e. The maximum Gasteiger partial charge on any atom is 0.310 e. The number of hydrogen-bond acceptors (Lipinski definition) is 7. The number of anilines is 1. The first-order valence-corrected chi connectivity index (χ1v) is 10.4. The Morgan fingerprint density at radius 1 is 1.31 bits per heavy atom. The van der Waals surface area contributed by atoms with Gasteiger partial charge in [0.2, 0.25) is 10.0 Å². The minimum atomic E-state index is -3.80. The number of rotatable bonds is 6. The number of benzene rings is 1. The summed E-state index contributed by atoms with van der Waals surface area (Å²) in [6.07, 6.45) is 2.82. The number of amides is 1. The van der Waals surface area contributed by atoms with Crippen molar-refractivity contribution in [2.75, 3.05) is 31.6 Å². The number of nitro groups is 1. The lowest BCUT2D eigenvalue weighted by Crippen LogP contribution is -2.41. The molecule has 0 atom stereocenters. The van der Waals surface area contributed by atoms with Crippen LogP contribution in [0.3, 0.4) is 0 Å². The molecule has 10 nitrogen and oxygen atoms in total. The van der Waals surface area contributed by atoms with E-state index in [9.17, 15) is 23.3 Å². The third-order valence-corrected chi connectivity index (χ3v) is 6.52. The summed E-state index contributed by atoms with van der Waals surface area (Å²) < 4.78 is 32.7. The second kappa shape index (κ2) is 8.64. The molecule has 1 aliphatic rings. The fourth-order valence-corrected chi connectivity index (χ4v) is 4.71. The molecule has 154 valence electrons. The summed E-state index contributed by atoms with van der Waals surface area (Å²) in [5, 5.41) is 13.6. The molecule has 0 radical (unpaired) electrons. The van der Waals surface area contributed by atoms with Crippen LogP contribution in [-0.4, -0.2) is 54.8 Å². The minimum absolute atomic E-state index is 0.0212. The Hall–Kier alpha value is -2.89. The first kappa shape index (κ1) is 20.8. The maximum absolute atomic E-state index is 13.1. The van der Waals surface area contributed by atoms with E-state index in [0.29, 0.717) is 25.2 Å². The van der Waals surface area contributed by atoms with Crippen LogP contribution in [-0.2, 0) is 21.2 Å². The van der Waals surface area contributed by atoms with Crippen molar-refractivity contribution in [1.82, 2.24) is 9.29 Å². The topological polar surface area (TPSA) is 132 Å². The fraction of sp³-hybridized carbons (Fsp3) is 0.333. The Kier molecular flexibility index (Phi) is 6.20. The van der Waals surface area contributed by atoms with Gasteiger partial charge in [-0.15, -0.1) is 0 Å². The van der Waals surface area contributed by atoms with E-state index >= 15 is 0 Å². The number of nitrogens with one attached hydrogen (secondary N) is 1. The molecule has 1 aromatic heterocycles. The van der Waals surface area contributed by atoms with E-state index < -0.39 is 20.9 Å². The SMILES string of the molecule is CCc1ccc(C(=O)Nc2ccncc2[N+](=O)[O-])cc1S(=O)(=O)N1CCOCC1. The monoisotopic (exact) mass is 420 g/mol. The first-order valence-electron chi connectivity index (χ1n) is 8.95. The minimum Gasteiger partial charge on any atom is -0.379 e. The summed E-state index contributed by atoms with van der Waals surface area (Å²) in [6, 6.07) is 5.70. The van der Waals surface area contributed by atoms with E-state index in [1.165, 1.54) is 28.7 Å². The number of carbonyl (C=O) groups is 1. The zero-order valence-corrected chi connectivity index (χ0v) is 16.5. The molecule has 0 bridgehead atoms. The molecule has 3 rings (SSSR count). The van der Waals surface area contributed by atoms with Crippen LogP contribution in [0.5, 0.6) is 0 Å². The molecule has 11 heteroatoms. The van der Waals surface area contributed by atoms with Gasteiger partial charge in [0.25, 0.3) is 5.91 Å². The van der Waals surface area contributed by atoms with E-state index in [1.54, 1.807) is 6.07 Å². The van der Waals surface area contributed by atoms with E-state index in [0.717, 1.165) is 6.20 Å². The molecule has 0 aliphatic carbocycles. The zero-order valence-electron chi connectivity index (χ0n) is 15.7. The van der Waals surface area contributed by atoms with Gasteiger partial charge >= 0.3 is 5.69 Å². The van der Waals surface area contributed by atoms with Gasteiger partial charge in [-0.2, -0.15) is 4.31 Å². The zero-order chi connectivity index (χ0) is 21.0. The average molecular weight is 420 g/mol. The number of aryl methyl sites for hydroxylation is 1. The lowest BCUT2D eigenvalue weighted by atomic mass is 10.1. The van der Waals surface area contributed by atoms with Gasteiger partial charge in [-0.1, -0.05) is 13.0 Å². The van der Waals surface area contributed by atoms with Gasteiger partial charge in [0.15, 0.2) is 0 Å². The number of ether oxygens (including phenoxy) is 1. The number of carbonyl (C=O) groups excluding carboxylic acids is 1. The average Bonchev–Trinajstić information content (AvgIpc) is 2.74. The highest BCUT2D eigenvalue weighted by Gasteiger charge is 2.29. The van der Waals surface area contributed by atoms with Crippen molar-refractivity contribution in [2.45, 2.75) is 18.2 Å². The van der Waals surface area contributed by atoms with Crippen LogP contribution in [0, 0.1) is 10.1 Å². The number of morpholine rings is 1. The smallest absolute Gasteiger partial charge is 0.310 e. The Balaban J connectivity index is 1.94. The summed E-state index contributed by atoms with van der Waals surface area (Å²) >= 11 is 0. The third kappa shape index (κ3) is 4.42. The molecule has 29 heavy (non-hydrogen) atoms. The van der Waals surface area contributed by atoms with Crippen molar-refractivity contribution in [3.8, 4) is 0 Å². The summed E-state index contributed by atoms with van der Waals surface area (Å²) in [5.74, 6) is -0.652. The van der Waals surface area contributed by atoms with Crippen LogP contribution in [0.25, 0.3) is 0 Å². The Bertz CT molecular complexity index is 1030. The molecule has 0 saturated carbocycles. The molecule has 0 unspecified atom stereocenters. The number of pyridine rings is 1. The standard InChI is InChI=1S/C18H20N4O6S/c1-2-13-3-4-14(11-17(13)29(26,27)21-7-9-28-10-8-21)18(23)20-15-5-6-19-12-16(15)22(24)25/h3-6,11-12H,2,7-10H2,1H3,(H,19,20,23). The van der Waals surface area contributed by atoms with E-state index in [1.807, 2.05) is 6.92 Å². The van der Waals surface area contributed by atoms with Crippen molar-refractivity contribution < 1.29 is 22.9 Å². The molecule has 1 aromatic carbocycles. The van der Waals surface area contributed by atoms with Crippen molar-refractivity contribution in [2.24, 2.45) is 0 Å². The second-order valence-electron chi connectivity index (χ2n) is 6.30. The molecule has 2 heterocycles. The van der Waals surface area contributed by atoms with Crippen molar-refractivity contribution in [3.05, 3.63) is 57.9 Å². The molecular formula is C18H20N4O6S. The Morgan fingerprint density at radius 2 is 2.03 bits per heavy atom. The molecule has 1 amide bonds. The lowest BCUT2D eigenvalue weighted by Gasteiger charge is -2.27. The molecule has 1 saturated heterocycles. The second-order valence-corrected chi connectivity index (χ2v) is 8.20. The Morgan fingerprint density at radius 3 is 2.69 bits per heavy atom. The van der Waals surface area contributed by atoms with Gasteiger partial charge in [0, 0.05) is 24.8 Å². The summed E-state index contributed by atoms with van der Waals surface area (Å²) in [4.78, 5) is 26.8. The van der Waals surface area contributed by atoms with Gasteiger partial charge in [0.1, 0.15) is 11.9 Å². The summed E-state index contributed by atoms with van der Waals surface area (Å²) in [7, 11) is -3.80. The van der Waals surface area contributed by atoms with Crippen molar-refractivity contribution >= 4 is 27.3 Å². The van der Waals surface area contributed by atoms with E-state index in [-0.39, 0.29) is 34.9 Å². The molecule has 1 aliphatic heterocycles. The van der Waals surface area contributed by atoms with Gasteiger partial charge in [-0.25, -0.2) is 8.42 Å². The third-order valence-electron chi connectivity index (χ3n) is 4.54. The normalized spacial score (nSPS) is 15.1. The van der Waals surface area contributed by atoms with Gasteiger partial charge in [0.05, 0.1) is 23.0 Å². The van der Waals surface area contributed by atoms with Gasteiger partial charge in [-0.05, 0) is 30.2 Å². The highest BCUT2D eigenvalue weighted by atomic mass is 32.2. The molecule has 2 aromatic rings. The van der Waals surface area contributed by atoms with Crippen LogP contribution in [0.4, 0.5) is 11.4 Å². The molecule has 1 fully saturated rings. The van der Waals surface area contributed by atoms with Crippen molar-refractivity contribution in [3.63, 3.8) is 0 Å². The van der Waals surface area contributed by atoms with E-state index in [2.05, 4.69) is 10.3 Å². The van der Waals surface area contributed by atoms with Gasteiger partial charge in [-0.3, -0.25) is 19.9 Å². The van der Waals surface area contributed by atoms with E-state index in [4.69, 9.17) is 4.74 Å². The van der Waals surface area contributed by atoms with Crippen LogP contribution in [0.2, 0.25) is 0 Å². The highest BCUT2D eigenvalue weighted by Crippen LogP contribution is 2.26. The summed E-state index contributed by atoms with van der Waals surface area (Å²) in [5.41, 5.74) is 0.294. The predicted octanol–water partition coefficient (Wildman–Crippen LogP) is 1.83. The number of nitrogens with zero attached hydrogens (tertiary/aromatic N) is 3. The number of sulfonamides is 1. The predicted molar refractivity (Wildman–Crippen MR) is 104 cm³/mol. The maximum atomic E-state index is 13.1. The molecule has 0 spiro atoms. The fourth-order valence-electron chi connectivity index (χ4n) is 2.99. The van der Waals surface area contributed by atoms with Gasteiger partial charge < -0.3 is 10.1 Å². The van der Waals surface area contributed by atoms with Crippen LogP contribution in [0.1, 0.15) is 22.8 Å². The number of aromatic nitrogens is 1. The number of hydrogen-bond donors (Lipinski definition) is 1. The quantitative estimate of drug-likeness (QED) is 0.557. The summed E-state index contributed by atoms with van der Waals surface area (Å²) in [6.45, 7) is 2.93. The molecule has 1 N–H and O–H groups in total. The Labute approximate surface area is 167 Å². The lowest BCUT2D eigenvalue weighted by molar-refractivity contribution is -0.384. The van der Waals surface area contributed by atoms with Crippen LogP contribution >= 0.6 is 0 Å². The highest BCUT2D eigenvalue weighted by molar-refractivity contribution is 7.89. The molecular weight excluding hydrogens is 400 g/mol. The van der Waals surface area contributed by atoms with Crippen LogP contribution < -0.4 is 5.32 Å². The first-order chi connectivity index (χ1) is 13.8. The van der Waals surface area contributed by atoms with Crippen LogP contribution in [0.15, 0.2) is 41.6 Å². The van der Waals surface area contributed by atoms with Crippen molar-refractivity contribution in [1.29, 1.82) is 0 Å².